The Bertz CT molecular complexity index is 536. The lowest BCUT2D eigenvalue weighted by Gasteiger charge is -2.12. The number of nitro groups is 1. The summed E-state index contributed by atoms with van der Waals surface area (Å²) in [6, 6.07) is 1.74. The number of carboxylic acids is 1. The fraction of sp³-hybridized carbons (Fsp3) is 0.333. The van der Waals surface area contributed by atoms with Gasteiger partial charge in [0.2, 0.25) is 5.82 Å². The summed E-state index contributed by atoms with van der Waals surface area (Å²) in [7, 11) is 0. The van der Waals surface area contributed by atoms with Crippen molar-refractivity contribution < 1.29 is 14.8 Å². The topological polar surface area (TPSA) is 105 Å². The molecule has 0 bridgehead atoms. The van der Waals surface area contributed by atoms with Crippen LogP contribution in [0.25, 0.3) is 0 Å². The predicted octanol–water partition coefficient (Wildman–Crippen LogP) is 1.90. The zero-order chi connectivity index (χ0) is 14.4. The Morgan fingerprint density at radius 3 is 2.84 bits per heavy atom. The number of nitrogens with one attached hydrogen (secondary N) is 1. The Balaban J connectivity index is 3.14. The highest BCUT2D eigenvalue weighted by Crippen LogP contribution is 2.23. The Labute approximate surface area is 109 Å². The van der Waals surface area contributed by atoms with Crippen molar-refractivity contribution >= 4 is 17.5 Å². The summed E-state index contributed by atoms with van der Waals surface area (Å²) in [4.78, 5) is 24.7. The van der Waals surface area contributed by atoms with E-state index < -0.39 is 16.9 Å². The van der Waals surface area contributed by atoms with Gasteiger partial charge in [0.25, 0.3) is 0 Å². The van der Waals surface area contributed by atoms with Crippen molar-refractivity contribution in [2.75, 3.05) is 5.32 Å². The number of hydrogen-bond acceptors (Lipinski definition) is 5. The number of terminal acetylenes is 1. The van der Waals surface area contributed by atoms with E-state index in [2.05, 4.69) is 16.2 Å². The van der Waals surface area contributed by atoms with Gasteiger partial charge in [-0.15, -0.1) is 6.42 Å². The van der Waals surface area contributed by atoms with Gasteiger partial charge in [-0.25, -0.2) is 9.78 Å². The average Bonchev–Trinajstić information content (AvgIpc) is 2.37. The van der Waals surface area contributed by atoms with Crippen molar-refractivity contribution in [2.45, 2.75) is 25.8 Å². The maximum absolute atomic E-state index is 10.9. The number of carboxylic acid groups (broad SMARTS) is 1. The van der Waals surface area contributed by atoms with Crippen LogP contribution in [0, 0.1) is 22.5 Å². The largest absolute Gasteiger partial charge is 0.477 e. The molecule has 0 amide bonds. The minimum Gasteiger partial charge on any atom is -0.477 e. The molecule has 100 valence electrons. The summed E-state index contributed by atoms with van der Waals surface area (Å²) in [5, 5.41) is 22.4. The summed E-state index contributed by atoms with van der Waals surface area (Å²) in [5.74, 6) is 1.06. The van der Waals surface area contributed by atoms with Crippen molar-refractivity contribution in [3.63, 3.8) is 0 Å². The van der Waals surface area contributed by atoms with Gasteiger partial charge in [0.15, 0.2) is 5.69 Å². The second-order valence-electron chi connectivity index (χ2n) is 3.78. The van der Waals surface area contributed by atoms with Gasteiger partial charge in [0, 0.05) is 6.07 Å². The zero-order valence-corrected chi connectivity index (χ0v) is 10.3. The van der Waals surface area contributed by atoms with Crippen LogP contribution in [0.1, 0.15) is 30.3 Å². The molecule has 0 aliphatic carbocycles. The van der Waals surface area contributed by atoms with Crippen LogP contribution in [-0.2, 0) is 0 Å². The maximum Gasteiger partial charge on any atom is 0.354 e. The lowest BCUT2D eigenvalue weighted by molar-refractivity contribution is -0.384. The van der Waals surface area contributed by atoms with E-state index in [1.165, 1.54) is 0 Å². The molecule has 1 aromatic rings. The van der Waals surface area contributed by atoms with Gasteiger partial charge in [-0.3, -0.25) is 10.1 Å². The van der Waals surface area contributed by atoms with Gasteiger partial charge >= 0.3 is 11.7 Å². The monoisotopic (exact) mass is 263 g/mol. The molecule has 0 aromatic carbocycles. The van der Waals surface area contributed by atoms with Crippen molar-refractivity contribution in [1.29, 1.82) is 0 Å². The van der Waals surface area contributed by atoms with E-state index in [4.69, 9.17) is 11.5 Å². The third kappa shape index (κ3) is 3.67. The zero-order valence-electron chi connectivity index (χ0n) is 10.3. The number of aromatic nitrogens is 1. The first-order valence-electron chi connectivity index (χ1n) is 5.61. The minimum absolute atomic E-state index is 0.124. The van der Waals surface area contributed by atoms with Gasteiger partial charge in [0.1, 0.15) is 0 Å². The average molecular weight is 263 g/mol. The lowest BCUT2D eigenvalue weighted by Crippen LogP contribution is -2.19. The summed E-state index contributed by atoms with van der Waals surface area (Å²) in [6.45, 7) is 1.92. The molecule has 1 atom stereocenters. The van der Waals surface area contributed by atoms with Crippen LogP contribution in [0.4, 0.5) is 11.5 Å². The standard InChI is InChI=1S/C12H13N3O4/c1-3-5-8(4-2)13-11-10(15(18)19)7-6-9(14-11)12(16)17/h2,6-8H,3,5H2,1H3,(H,13,14)(H,16,17). The first kappa shape index (κ1) is 14.4. The Morgan fingerprint density at radius 2 is 2.37 bits per heavy atom. The van der Waals surface area contributed by atoms with Crippen LogP contribution in [0.15, 0.2) is 12.1 Å². The fourth-order valence-corrected chi connectivity index (χ4v) is 1.48. The molecule has 0 radical (unpaired) electrons. The molecular weight excluding hydrogens is 250 g/mol. The van der Waals surface area contributed by atoms with E-state index in [0.717, 1.165) is 18.6 Å². The van der Waals surface area contributed by atoms with E-state index in [1.807, 2.05) is 6.92 Å². The number of rotatable bonds is 6. The smallest absolute Gasteiger partial charge is 0.354 e. The number of nitrogens with zero attached hydrogens (tertiary/aromatic N) is 2. The van der Waals surface area contributed by atoms with E-state index in [1.54, 1.807) is 0 Å². The fourth-order valence-electron chi connectivity index (χ4n) is 1.48. The quantitative estimate of drug-likeness (QED) is 0.461. The van der Waals surface area contributed by atoms with Crippen LogP contribution in [0.3, 0.4) is 0 Å². The van der Waals surface area contributed by atoms with Gasteiger partial charge in [-0.1, -0.05) is 19.3 Å². The maximum atomic E-state index is 10.9. The Morgan fingerprint density at radius 1 is 1.68 bits per heavy atom. The molecule has 2 N–H and O–H groups in total. The predicted molar refractivity (Wildman–Crippen MR) is 69.0 cm³/mol. The van der Waals surface area contributed by atoms with E-state index in [9.17, 15) is 14.9 Å². The Hall–Kier alpha value is -2.62. The second kappa shape index (κ2) is 6.35. The van der Waals surface area contributed by atoms with Crippen LogP contribution in [0.5, 0.6) is 0 Å². The summed E-state index contributed by atoms with van der Waals surface area (Å²) >= 11 is 0. The van der Waals surface area contributed by atoms with Crippen LogP contribution in [0.2, 0.25) is 0 Å². The molecule has 0 fully saturated rings. The van der Waals surface area contributed by atoms with E-state index >= 15 is 0 Å². The molecule has 19 heavy (non-hydrogen) atoms. The van der Waals surface area contributed by atoms with Crippen LogP contribution >= 0.6 is 0 Å². The molecule has 0 saturated carbocycles. The van der Waals surface area contributed by atoms with Crippen molar-refractivity contribution in [2.24, 2.45) is 0 Å². The van der Waals surface area contributed by atoms with Gasteiger partial charge in [0.05, 0.1) is 11.0 Å². The molecule has 1 rings (SSSR count). The second-order valence-corrected chi connectivity index (χ2v) is 3.78. The first-order valence-corrected chi connectivity index (χ1v) is 5.61. The van der Waals surface area contributed by atoms with Crippen molar-refractivity contribution in [3.05, 3.63) is 27.9 Å². The molecule has 7 heteroatoms. The molecule has 0 aliphatic heterocycles. The van der Waals surface area contributed by atoms with Gasteiger partial charge in [-0.2, -0.15) is 0 Å². The number of anilines is 1. The SMILES string of the molecule is C#CC(CCC)Nc1nc(C(=O)O)ccc1[N+](=O)[O-]. The highest BCUT2D eigenvalue weighted by atomic mass is 16.6. The minimum atomic E-state index is -1.26. The van der Waals surface area contributed by atoms with E-state index in [-0.39, 0.29) is 17.2 Å². The summed E-state index contributed by atoms with van der Waals surface area (Å²) in [5.41, 5.74) is -0.582. The molecular formula is C12H13N3O4. The van der Waals surface area contributed by atoms with Crippen LogP contribution < -0.4 is 5.32 Å². The number of carbonyl (C=O) groups is 1. The molecule has 0 saturated heterocycles. The number of pyridine rings is 1. The first-order chi connectivity index (χ1) is 8.99. The Kier molecular flexibility index (Phi) is 4.83. The molecule has 0 spiro atoms. The highest BCUT2D eigenvalue weighted by Gasteiger charge is 2.20. The molecule has 7 nitrogen and oxygen atoms in total. The highest BCUT2D eigenvalue weighted by molar-refractivity contribution is 5.86. The molecule has 1 heterocycles. The van der Waals surface area contributed by atoms with Gasteiger partial charge < -0.3 is 10.4 Å². The third-order valence-electron chi connectivity index (χ3n) is 2.38. The summed E-state index contributed by atoms with van der Waals surface area (Å²) in [6.07, 6.45) is 6.69. The van der Waals surface area contributed by atoms with Crippen molar-refractivity contribution in [3.8, 4) is 12.3 Å². The lowest BCUT2D eigenvalue weighted by atomic mass is 10.2. The third-order valence-corrected chi connectivity index (χ3v) is 2.38. The van der Waals surface area contributed by atoms with Crippen LogP contribution in [-0.4, -0.2) is 27.0 Å². The molecule has 1 aromatic heterocycles. The van der Waals surface area contributed by atoms with Crippen molar-refractivity contribution in [1.82, 2.24) is 4.98 Å². The summed E-state index contributed by atoms with van der Waals surface area (Å²) < 4.78 is 0. The number of hydrogen-bond donors (Lipinski definition) is 2. The van der Waals surface area contributed by atoms with Gasteiger partial charge in [-0.05, 0) is 12.5 Å². The van der Waals surface area contributed by atoms with E-state index in [0.29, 0.717) is 6.42 Å². The molecule has 1 unspecified atom stereocenters. The molecule has 0 aliphatic rings. The normalized spacial score (nSPS) is 11.4. The number of aromatic carboxylic acids is 1.